The second-order valence-corrected chi connectivity index (χ2v) is 4.31. The van der Waals surface area contributed by atoms with Crippen molar-refractivity contribution < 1.29 is 9.15 Å². The molecule has 0 saturated carbocycles. The van der Waals surface area contributed by atoms with Crippen molar-refractivity contribution in [2.75, 3.05) is 20.3 Å². The summed E-state index contributed by atoms with van der Waals surface area (Å²) in [6.45, 7) is 1.69. The van der Waals surface area contributed by atoms with Gasteiger partial charge in [0, 0.05) is 12.5 Å². The molecule has 0 radical (unpaired) electrons. The van der Waals surface area contributed by atoms with Gasteiger partial charge in [-0.05, 0) is 41.5 Å². The first-order valence-electron chi connectivity index (χ1n) is 4.81. The molecule has 0 bridgehead atoms. The van der Waals surface area contributed by atoms with Crippen molar-refractivity contribution in [2.24, 2.45) is 5.92 Å². The molecule has 2 heterocycles. The summed E-state index contributed by atoms with van der Waals surface area (Å²) in [6.07, 6.45) is 1.10. The third-order valence-electron chi connectivity index (χ3n) is 2.65. The molecule has 3 nitrogen and oxygen atoms in total. The van der Waals surface area contributed by atoms with Gasteiger partial charge in [0.2, 0.25) is 0 Å². The highest BCUT2D eigenvalue weighted by atomic mass is 79.9. The molecular formula is C10H14BrNO2. The number of hydrogen-bond acceptors (Lipinski definition) is 3. The van der Waals surface area contributed by atoms with Crippen LogP contribution in [-0.2, 0) is 4.74 Å². The first-order chi connectivity index (χ1) is 6.81. The summed E-state index contributed by atoms with van der Waals surface area (Å²) in [5.74, 6) is 1.51. The molecule has 1 saturated heterocycles. The minimum absolute atomic E-state index is 0.267. The van der Waals surface area contributed by atoms with E-state index in [1.165, 1.54) is 0 Å². The van der Waals surface area contributed by atoms with Crippen molar-refractivity contribution in [1.82, 2.24) is 5.32 Å². The van der Waals surface area contributed by atoms with Gasteiger partial charge in [0.15, 0.2) is 4.67 Å². The number of hydrogen-bond donors (Lipinski definition) is 1. The average Bonchev–Trinajstić information content (AvgIpc) is 2.79. The topological polar surface area (TPSA) is 34.4 Å². The third kappa shape index (κ3) is 2.02. The van der Waals surface area contributed by atoms with E-state index in [9.17, 15) is 0 Å². The van der Waals surface area contributed by atoms with Gasteiger partial charge < -0.3 is 14.5 Å². The van der Waals surface area contributed by atoms with Crippen LogP contribution in [0.5, 0.6) is 0 Å². The predicted octanol–water partition coefficient (Wildman–Crippen LogP) is 2.34. The summed E-state index contributed by atoms with van der Waals surface area (Å²) >= 11 is 3.31. The third-order valence-corrected chi connectivity index (χ3v) is 3.07. The van der Waals surface area contributed by atoms with Crippen LogP contribution in [0.15, 0.2) is 21.2 Å². The van der Waals surface area contributed by atoms with E-state index < -0.39 is 0 Å². The fourth-order valence-electron chi connectivity index (χ4n) is 1.92. The largest absolute Gasteiger partial charge is 0.453 e. The monoisotopic (exact) mass is 259 g/mol. The lowest BCUT2D eigenvalue weighted by atomic mass is 9.97. The Kier molecular flexibility index (Phi) is 3.26. The Morgan fingerprint density at radius 2 is 2.43 bits per heavy atom. The lowest BCUT2D eigenvalue weighted by Crippen LogP contribution is -2.25. The summed E-state index contributed by atoms with van der Waals surface area (Å²) < 4.78 is 11.7. The summed E-state index contributed by atoms with van der Waals surface area (Å²) in [5, 5.41) is 3.28. The van der Waals surface area contributed by atoms with Crippen LogP contribution in [0.4, 0.5) is 0 Å². The Balaban J connectivity index is 2.12. The van der Waals surface area contributed by atoms with Gasteiger partial charge in [-0.25, -0.2) is 0 Å². The highest BCUT2D eigenvalue weighted by Crippen LogP contribution is 2.30. The maximum atomic E-state index is 5.55. The molecule has 14 heavy (non-hydrogen) atoms. The van der Waals surface area contributed by atoms with E-state index in [1.807, 2.05) is 19.2 Å². The van der Waals surface area contributed by atoms with E-state index in [4.69, 9.17) is 9.15 Å². The van der Waals surface area contributed by atoms with Crippen LogP contribution >= 0.6 is 15.9 Å². The van der Waals surface area contributed by atoms with Crippen LogP contribution in [0, 0.1) is 5.92 Å². The lowest BCUT2D eigenvalue weighted by molar-refractivity contribution is 0.174. The smallest absolute Gasteiger partial charge is 0.169 e. The van der Waals surface area contributed by atoms with E-state index >= 15 is 0 Å². The molecule has 0 spiro atoms. The molecule has 1 aliphatic rings. The fraction of sp³-hybridized carbons (Fsp3) is 0.600. The molecule has 0 aromatic carbocycles. The van der Waals surface area contributed by atoms with Crippen molar-refractivity contribution in [3.05, 3.63) is 22.6 Å². The Bertz CT molecular complexity index is 294. The molecule has 1 fully saturated rings. The van der Waals surface area contributed by atoms with Crippen molar-refractivity contribution in [3.63, 3.8) is 0 Å². The predicted molar refractivity (Wildman–Crippen MR) is 57.1 cm³/mol. The van der Waals surface area contributed by atoms with Crippen LogP contribution in [-0.4, -0.2) is 20.3 Å². The quantitative estimate of drug-likeness (QED) is 0.905. The zero-order valence-corrected chi connectivity index (χ0v) is 9.71. The molecule has 1 aliphatic heterocycles. The molecule has 1 aromatic heterocycles. The number of rotatable bonds is 3. The maximum Gasteiger partial charge on any atom is 0.169 e. The molecular weight excluding hydrogens is 246 g/mol. The Labute approximate surface area is 91.9 Å². The molecule has 1 N–H and O–H groups in total. The zero-order chi connectivity index (χ0) is 9.97. The molecule has 2 unspecified atom stereocenters. The fourth-order valence-corrected chi connectivity index (χ4v) is 2.24. The molecule has 0 aliphatic carbocycles. The Morgan fingerprint density at radius 1 is 1.57 bits per heavy atom. The van der Waals surface area contributed by atoms with Crippen LogP contribution < -0.4 is 5.32 Å². The zero-order valence-electron chi connectivity index (χ0n) is 8.13. The average molecular weight is 260 g/mol. The number of halogens is 1. The molecule has 1 aromatic rings. The molecule has 4 heteroatoms. The minimum Gasteiger partial charge on any atom is -0.453 e. The van der Waals surface area contributed by atoms with E-state index in [-0.39, 0.29) is 6.04 Å². The highest BCUT2D eigenvalue weighted by molar-refractivity contribution is 9.10. The van der Waals surface area contributed by atoms with Crippen molar-refractivity contribution >= 4 is 15.9 Å². The Morgan fingerprint density at radius 3 is 2.93 bits per heavy atom. The van der Waals surface area contributed by atoms with Gasteiger partial charge >= 0.3 is 0 Å². The van der Waals surface area contributed by atoms with Crippen molar-refractivity contribution in [1.29, 1.82) is 0 Å². The summed E-state index contributed by atoms with van der Waals surface area (Å²) in [7, 11) is 1.96. The highest BCUT2D eigenvalue weighted by Gasteiger charge is 2.27. The van der Waals surface area contributed by atoms with Crippen molar-refractivity contribution in [3.8, 4) is 0 Å². The van der Waals surface area contributed by atoms with Crippen LogP contribution in [0.2, 0.25) is 0 Å². The first kappa shape index (κ1) is 10.2. The number of ether oxygens (including phenoxy) is 1. The maximum absolute atomic E-state index is 5.55. The molecule has 0 amide bonds. The number of furan rings is 1. The normalized spacial score (nSPS) is 24.0. The molecule has 2 rings (SSSR count). The van der Waals surface area contributed by atoms with Crippen LogP contribution in [0.3, 0.4) is 0 Å². The van der Waals surface area contributed by atoms with Crippen LogP contribution in [0.1, 0.15) is 18.2 Å². The van der Waals surface area contributed by atoms with Gasteiger partial charge in [0.25, 0.3) is 0 Å². The van der Waals surface area contributed by atoms with Gasteiger partial charge in [0.1, 0.15) is 5.76 Å². The summed E-state index contributed by atoms with van der Waals surface area (Å²) in [5.41, 5.74) is 0. The second-order valence-electron chi connectivity index (χ2n) is 3.53. The van der Waals surface area contributed by atoms with Gasteiger partial charge in [-0.1, -0.05) is 0 Å². The van der Waals surface area contributed by atoms with Crippen LogP contribution in [0.25, 0.3) is 0 Å². The molecule has 2 atom stereocenters. The van der Waals surface area contributed by atoms with Gasteiger partial charge in [0.05, 0.1) is 12.6 Å². The summed E-state index contributed by atoms with van der Waals surface area (Å²) in [4.78, 5) is 0. The lowest BCUT2D eigenvalue weighted by Gasteiger charge is -2.19. The van der Waals surface area contributed by atoms with E-state index in [0.29, 0.717) is 5.92 Å². The van der Waals surface area contributed by atoms with Crippen molar-refractivity contribution in [2.45, 2.75) is 12.5 Å². The minimum atomic E-state index is 0.267. The Hall–Kier alpha value is -0.320. The van der Waals surface area contributed by atoms with Gasteiger partial charge in [-0.2, -0.15) is 0 Å². The van der Waals surface area contributed by atoms with E-state index in [2.05, 4.69) is 21.2 Å². The van der Waals surface area contributed by atoms with E-state index in [1.54, 1.807) is 0 Å². The van der Waals surface area contributed by atoms with Gasteiger partial charge in [-0.15, -0.1) is 0 Å². The van der Waals surface area contributed by atoms with Gasteiger partial charge in [-0.3, -0.25) is 0 Å². The first-order valence-corrected chi connectivity index (χ1v) is 5.61. The summed E-state index contributed by atoms with van der Waals surface area (Å²) in [6, 6.07) is 4.20. The van der Waals surface area contributed by atoms with E-state index in [0.717, 1.165) is 30.1 Å². The SMILES string of the molecule is CNC(c1ccc(Br)o1)C1CCOC1. The number of nitrogens with one attached hydrogen (secondary N) is 1. The second kappa shape index (κ2) is 4.47. The molecule has 78 valence electrons. The standard InChI is InChI=1S/C10H14BrNO2/c1-12-10(7-4-5-13-6-7)8-2-3-9(11)14-8/h2-3,7,10,12H,4-6H2,1H3.